The van der Waals surface area contributed by atoms with Crippen molar-refractivity contribution in [3.05, 3.63) is 53.0 Å². The highest BCUT2D eigenvalue weighted by Gasteiger charge is 2.17. The minimum Gasteiger partial charge on any atom is -0.484 e. The van der Waals surface area contributed by atoms with E-state index in [9.17, 15) is 4.79 Å². The third kappa shape index (κ3) is 3.89. The summed E-state index contributed by atoms with van der Waals surface area (Å²) in [7, 11) is 0. The molecular weight excluding hydrogens is 376 g/mol. The van der Waals surface area contributed by atoms with Gasteiger partial charge in [-0.2, -0.15) is 5.10 Å². The predicted molar refractivity (Wildman–Crippen MR) is 102 cm³/mol. The summed E-state index contributed by atoms with van der Waals surface area (Å²) in [6, 6.07) is 5.28. The second-order valence-corrected chi connectivity index (χ2v) is 6.58. The van der Waals surface area contributed by atoms with Crippen LogP contribution in [0.15, 0.2) is 28.9 Å². The fraction of sp³-hybridized carbons (Fsp3) is 0.350. The molecule has 9 nitrogen and oxygen atoms in total. The van der Waals surface area contributed by atoms with Crippen LogP contribution in [0.2, 0.25) is 0 Å². The summed E-state index contributed by atoms with van der Waals surface area (Å²) in [5.74, 6) is 1.90. The van der Waals surface area contributed by atoms with E-state index in [0.717, 1.165) is 23.5 Å². The Morgan fingerprint density at radius 2 is 2.10 bits per heavy atom. The van der Waals surface area contributed by atoms with Crippen molar-refractivity contribution in [3.63, 3.8) is 0 Å². The summed E-state index contributed by atoms with van der Waals surface area (Å²) >= 11 is 0. The van der Waals surface area contributed by atoms with Crippen molar-refractivity contribution in [3.8, 4) is 17.2 Å². The fourth-order valence-electron chi connectivity index (χ4n) is 3.15. The van der Waals surface area contributed by atoms with Crippen molar-refractivity contribution in [2.45, 2.75) is 40.5 Å². The highest BCUT2D eigenvalue weighted by molar-refractivity contribution is 5.91. The van der Waals surface area contributed by atoms with Crippen LogP contribution in [0.25, 0.3) is 0 Å². The van der Waals surface area contributed by atoms with Gasteiger partial charge in [0.25, 0.3) is 5.91 Å². The number of nitrogens with zero attached hydrogens (tertiary/aromatic N) is 3. The van der Waals surface area contributed by atoms with Crippen molar-refractivity contribution >= 4 is 5.91 Å². The van der Waals surface area contributed by atoms with Crippen molar-refractivity contribution < 1.29 is 23.4 Å². The van der Waals surface area contributed by atoms with Crippen LogP contribution in [0.1, 0.15) is 40.3 Å². The van der Waals surface area contributed by atoms with Crippen LogP contribution in [0.4, 0.5) is 0 Å². The number of carbonyl (C=O) groups excluding carboxylic acids is 1. The van der Waals surface area contributed by atoms with E-state index in [2.05, 4.69) is 15.4 Å². The number of fused-ring (bicyclic) bond motifs is 1. The van der Waals surface area contributed by atoms with Crippen LogP contribution < -0.4 is 19.5 Å². The first-order valence-electron chi connectivity index (χ1n) is 9.33. The van der Waals surface area contributed by atoms with Gasteiger partial charge in [-0.15, -0.1) is 0 Å². The Hall–Kier alpha value is -3.49. The molecule has 1 aliphatic rings. The zero-order valence-corrected chi connectivity index (χ0v) is 16.5. The number of aryl methyl sites for hydroxylation is 2. The molecule has 2 aromatic heterocycles. The molecule has 3 aromatic rings. The van der Waals surface area contributed by atoms with Gasteiger partial charge in [-0.1, -0.05) is 0 Å². The first kappa shape index (κ1) is 18.9. The van der Waals surface area contributed by atoms with Crippen LogP contribution in [0, 0.1) is 13.8 Å². The van der Waals surface area contributed by atoms with Crippen LogP contribution in [0.3, 0.4) is 0 Å². The van der Waals surface area contributed by atoms with Gasteiger partial charge in [0.1, 0.15) is 12.0 Å². The van der Waals surface area contributed by atoms with E-state index >= 15 is 0 Å². The maximum absolute atomic E-state index is 12.4. The molecule has 0 fully saturated rings. The third-order valence-corrected chi connectivity index (χ3v) is 4.75. The van der Waals surface area contributed by atoms with Gasteiger partial charge < -0.3 is 23.9 Å². The van der Waals surface area contributed by atoms with Gasteiger partial charge in [0.15, 0.2) is 23.8 Å². The Bertz CT molecular complexity index is 1040. The second-order valence-electron chi connectivity index (χ2n) is 6.58. The standard InChI is InChI=1S/C20H22N4O5/c1-4-24-13(3)15(12(2)23-24)8-21-20(25)16-9-27-19(22-16)10-26-14-5-6-17-18(7-14)29-11-28-17/h5-7,9H,4,8,10-11H2,1-3H3,(H,21,25). The fourth-order valence-corrected chi connectivity index (χ4v) is 3.15. The van der Waals surface area contributed by atoms with Gasteiger partial charge in [0, 0.05) is 30.4 Å². The van der Waals surface area contributed by atoms with Gasteiger partial charge in [0.05, 0.1) is 5.69 Å². The number of rotatable bonds is 7. The number of aromatic nitrogens is 3. The van der Waals surface area contributed by atoms with E-state index in [-0.39, 0.29) is 25.0 Å². The van der Waals surface area contributed by atoms with E-state index in [1.165, 1.54) is 6.26 Å². The van der Waals surface area contributed by atoms with Gasteiger partial charge >= 0.3 is 0 Å². The Balaban J connectivity index is 1.34. The average Bonchev–Trinajstić information content (AvgIpc) is 3.44. The predicted octanol–water partition coefficient (Wildman–Crippen LogP) is 2.75. The maximum Gasteiger partial charge on any atom is 0.273 e. The molecule has 152 valence electrons. The molecule has 0 saturated heterocycles. The molecule has 9 heteroatoms. The van der Waals surface area contributed by atoms with Gasteiger partial charge in [-0.05, 0) is 32.9 Å². The van der Waals surface area contributed by atoms with Crippen LogP contribution in [-0.2, 0) is 19.7 Å². The van der Waals surface area contributed by atoms with Gasteiger partial charge in [0.2, 0.25) is 12.7 Å². The molecule has 0 atom stereocenters. The number of nitrogens with one attached hydrogen (secondary N) is 1. The Labute approximate surface area is 167 Å². The second kappa shape index (κ2) is 7.86. The SMILES string of the molecule is CCn1nc(C)c(CNC(=O)c2coc(COc3ccc4c(c3)OCO4)n2)c1C. The Kier molecular flexibility index (Phi) is 5.11. The summed E-state index contributed by atoms with van der Waals surface area (Å²) in [6.07, 6.45) is 1.32. The first-order valence-corrected chi connectivity index (χ1v) is 9.33. The van der Waals surface area contributed by atoms with Crippen molar-refractivity contribution in [1.29, 1.82) is 0 Å². The largest absolute Gasteiger partial charge is 0.484 e. The summed E-state index contributed by atoms with van der Waals surface area (Å²) in [6.45, 7) is 7.42. The first-order chi connectivity index (χ1) is 14.0. The number of ether oxygens (including phenoxy) is 3. The van der Waals surface area contributed by atoms with Crippen LogP contribution in [0.5, 0.6) is 17.2 Å². The summed E-state index contributed by atoms with van der Waals surface area (Å²) < 4.78 is 23.5. The molecule has 0 aliphatic carbocycles. The normalized spacial score (nSPS) is 12.2. The highest BCUT2D eigenvalue weighted by Crippen LogP contribution is 2.35. The molecule has 29 heavy (non-hydrogen) atoms. The summed E-state index contributed by atoms with van der Waals surface area (Å²) in [5, 5.41) is 7.32. The molecule has 0 bridgehead atoms. The quantitative estimate of drug-likeness (QED) is 0.653. The molecule has 1 aliphatic heterocycles. The molecular formula is C20H22N4O5. The molecule has 4 rings (SSSR count). The number of benzene rings is 1. The molecule has 3 heterocycles. The summed E-state index contributed by atoms with van der Waals surface area (Å²) in [5.41, 5.74) is 3.16. The molecule has 0 spiro atoms. The van der Waals surface area contributed by atoms with Crippen LogP contribution in [-0.4, -0.2) is 27.5 Å². The number of hydrogen-bond acceptors (Lipinski definition) is 7. The number of oxazole rings is 1. The lowest BCUT2D eigenvalue weighted by Crippen LogP contribution is -2.23. The molecule has 0 unspecified atom stereocenters. The minimum absolute atomic E-state index is 0.0917. The maximum atomic E-state index is 12.4. The van der Waals surface area contributed by atoms with Crippen molar-refractivity contribution in [2.24, 2.45) is 0 Å². The van der Waals surface area contributed by atoms with Crippen LogP contribution >= 0.6 is 0 Å². The lowest BCUT2D eigenvalue weighted by molar-refractivity contribution is 0.0945. The lowest BCUT2D eigenvalue weighted by atomic mass is 10.2. The average molecular weight is 398 g/mol. The van der Waals surface area contributed by atoms with Gasteiger partial charge in [-0.3, -0.25) is 9.48 Å². The molecule has 0 saturated carbocycles. The van der Waals surface area contributed by atoms with E-state index in [1.54, 1.807) is 18.2 Å². The lowest BCUT2D eigenvalue weighted by Gasteiger charge is -2.05. The smallest absolute Gasteiger partial charge is 0.273 e. The van der Waals surface area contributed by atoms with E-state index < -0.39 is 0 Å². The Morgan fingerprint density at radius 1 is 1.28 bits per heavy atom. The number of hydrogen-bond donors (Lipinski definition) is 1. The third-order valence-electron chi connectivity index (χ3n) is 4.75. The van der Waals surface area contributed by atoms with Crippen molar-refractivity contribution in [1.82, 2.24) is 20.1 Å². The monoisotopic (exact) mass is 398 g/mol. The van der Waals surface area contributed by atoms with Gasteiger partial charge in [-0.25, -0.2) is 4.98 Å². The van der Waals surface area contributed by atoms with E-state index in [0.29, 0.717) is 29.7 Å². The molecule has 1 N–H and O–H groups in total. The molecule has 0 radical (unpaired) electrons. The molecule has 1 aromatic carbocycles. The van der Waals surface area contributed by atoms with E-state index in [4.69, 9.17) is 18.6 Å². The Morgan fingerprint density at radius 3 is 2.90 bits per heavy atom. The molecule has 1 amide bonds. The number of amides is 1. The highest BCUT2D eigenvalue weighted by atomic mass is 16.7. The minimum atomic E-state index is -0.314. The topological polar surface area (TPSA) is 101 Å². The summed E-state index contributed by atoms with van der Waals surface area (Å²) in [4.78, 5) is 16.6. The zero-order chi connectivity index (χ0) is 20.4. The number of carbonyl (C=O) groups is 1. The van der Waals surface area contributed by atoms with E-state index in [1.807, 2.05) is 25.5 Å². The zero-order valence-electron chi connectivity index (χ0n) is 16.5. The van der Waals surface area contributed by atoms with Crippen molar-refractivity contribution in [2.75, 3.05) is 6.79 Å².